The van der Waals surface area contributed by atoms with Crippen molar-refractivity contribution in [3.63, 3.8) is 0 Å². The van der Waals surface area contributed by atoms with Crippen molar-refractivity contribution in [3.8, 4) is 17.6 Å². The highest BCUT2D eigenvalue weighted by atomic mass is 16.5. The van der Waals surface area contributed by atoms with Crippen LogP contribution in [0, 0.1) is 17.3 Å². The van der Waals surface area contributed by atoms with E-state index < -0.39 is 29.2 Å². The molecule has 9 nitrogen and oxygen atoms in total. The first-order chi connectivity index (χ1) is 17.3. The molecule has 1 aliphatic heterocycles. The fourth-order valence-electron chi connectivity index (χ4n) is 3.84. The highest BCUT2D eigenvalue weighted by Gasteiger charge is 2.50. The van der Waals surface area contributed by atoms with E-state index in [0.29, 0.717) is 36.3 Å². The Hall–Kier alpha value is -4.32. The Bertz CT molecular complexity index is 1240. The van der Waals surface area contributed by atoms with Gasteiger partial charge < -0.3 is 25.0 Å². The van der Waals surface area contributed by atoms with Gasteiger partial charge in [-0.3, -0.25) is 19.2 Å². The average molecular weight is 490 g/mol. The number of benzene rings is 2. The summed E-state index contributed by atoms with van der Waals surface area (Å²) in [6.07, 6.45) is 1.88. The normalized spacial score (nSPS) is 17.3. The number of rotatable bonds is 5. The molecule has 1 fully saturated rings. The van der Waals surface area contributed by atoms with Crippen molar-refractivity contribution in [3.05, 3.63) is 59.7 Å². The quantitative estimate of drug-likeness (QED) is 0.371. The van der Waals surface area contributed by atoms with Gasteiger partial charge in [-0.1, -0.05) is 42.2 Å². The predicted molar refractivity (Wildman–Crippen MR) is 131 cm³/mol. The Kier molecular flexibility index (Phi) is 7.25. The third-order valence-electron chi connectivity index (χ3n) is 6.18. The van der Waals surface area contributed by atoms with Crippen LogP contribution in [0.4, 0.5) is 5.69 Å². The summed E-state index contributed by atoms with van der Waals surface area (Å²) in [5.41, 5.74) is 1.36. The van der Waals surface area contributed by atoms with Crippen molar-refractivity contribution in [2.45, 2.75) is 25.3 Å². The summed E-state index contributed by atoms with van der Waals surface area (Å²) in [5, 5.41) is 5.03. The minimum absolute atomic E-state index is 0.129. The van der Waals surface area contributed by atoms with Gasteiger partial charge >= 0.3 is 17.8 Å². The second kappa shape index (κ2) is 10.5. The van der Waals surface area contributed by atoms with Crippen LogP contribution in [-0.4, -0.2) is 57.0 Å². The molecule has 36 heavy (non-hydrogen) atoms. The molecule has 9 heteroatoms. The van der Waals surface area contributed by atoms with Crippen molar-refractivity contribution in [1.29, 1.82) is 0 Å². The summed E-state index contributed by atoms with van der Waals surface area (Å²) in [4.78, 5) is 51.0. The SMILES string of the molecule is COC(=O)C1(C#Cc2ccc3c(c2)N(C)C(=O)[C@@H](NC(=O)C(=O)NCCc2ccccc2)CO3)CC1. The Morgan fingerprint density at radius 3 is 2.58 bits per heavy atom. The van der Waals surface area contributed by atoms with Crippen LogP contribution < -0.4 is 20.3 Å². The molecule has 1 saturated carbocycles. The van der Waals surface area contributed by atoms with E-state index in [1.165, 1.54) is 12.0 Å². The number of carbonyl (C=O) groups is 4. The van der Waals surface area contributed by atoms with E-state index in [-0.39, 0.29) is 19.1 Å². The summed E-state index contributed by atoms with van der Waals surface area (Å²) < 4.78 is 10.6. The summed E-state index contributed by atoms with van der Waals surface area (Å²) in [6.45, 7) is 0.160. The van der Waals surface area contributed by atoms with Crippen LogP contribution >= 0.6 is 0 Å². The fourth-order valence-corrected chi connectivity index (χ4v) is 3.84. The zero-order valence-corrected chi connectivity index (χ0v) is 20.1. The Labute approximate surface area is 209 Å². The van der Waals surface area contributed by atoms with E-state index in [1.807, 2.05) is 30.3 Å². The molecule has 186 valence electrons. The molecule has 2 N–H and O–H groups in total. The second-order valence-electron chi connectivity index (χ2n) is 8.73. The lowest BCUT2D eigenvalue weighted by Gasteiger charge is -2.20. The van der Waals surface area contributed by atoms with Crippen LogP contribution in [0.2, 0.25) is 0 Å². The maximum absolute atomic E-state index is 13.0. The molecule has 4 rings (SSSR count). The number of carbonyl (C=O) groups excluding carboxylic acids is 4. The van der Waals surface area contributed by atoms with Crippen LogP contribution in [0.25, 0.3) is 0 Å². The average Bonchev–Trinajstić information content (AvgIpc) is 3.71. The molecule has 0 radical (unpaired) electrons. The number of hydrogen-bond donors (Lipinski definition) is 2. The Morgan fingerprint density at radius 1 is 1.14 bits per heavy atom. The summed E-state index contributed by atoms with van der Waals surface area (Å²) in [7, 11) is 2.90. The molecule has 2 aliphatic rings. The van der Waals surface area contributed by atoms with E-state index in [9.17, 15) is 19.2 Å². The molecule has 3 amide bonds. The third kappa shape index (κ3) is 5.49. The molecule has 1 heterocycles. The topological polar surface area (TPSA) is 114 Å². The number of nitrogens with one attached hydrogen (secondary N) is 2. The van der Waals surface area contributed by atoms with Gasteiger partial charge in [-0.2, -0.15) is 0 Å². The summed E-state index contributed by atoms with van der Waals surface area (Å²) in [6, 6.07) is 13.6. The largest absolute Gasteiger partial charge is 0.489 e. The molecule has 0 aromatic heterocycles. The number of ether oxygens (including phenoxy) is 2. The second-order valence-corrected chi connectivity index (χ2v) is 8.73. The monoisotopic (exact) mass is 489 g/mol. The zero-order chi connectivity index (χ0) is 25.7. The maximum Gasteiger partial charge on any atom is 0.324 e. The van der Waals surface area contributed by atoms with Crippen molar-refractivity contribution >= 4 is 29.4 Å². The van der Waals surface area contributed by atoms with E-state index in [1.54, 1.807) is 25.2 Å². The number of likely N-dealkylation sites (N-methyl/N-ethyl adjacent to an activating group) is 1. The number of anilines is 1. The molecule has 2 aromatic rings. The lowest BCUT2D eigenvalue weighted by molar-refractivity contribution is -0.144. The lowest BCUT2D eigenvalue weighted by Crippen LogP contribution is -2.53. The minimum atomic E-state index is -1.04. The number of fused-ring (bicyclic) bond motifs is 1. The van der Waals surface area contributed by atoms with Crippen LogP contribution in [0.3, 0.4) is 0 Å². The highest BCUT2D eigenvalue weighted by Crippen LogP contribution is 2.46. The number of hydrogen-bond acceptors (Lipinski definition) is 6. The van der Waals surface area contributed by atoms with Gasteiger partial charge in [0.15, 0.2) is 0 Å². The first-order valence-corrected chi connectivity index (χ1v) is 11.6. The van der Waals surface area contributed by atoms with E-state index in [4.69, 9.17) is 9.47 Å². The van der Waals surface area contributed by atoms with Gasteiger partial charge in [-0.15, -0.1) is 0 Å². The van der Waals surface area contributed by atoms with Gasteiger partial charge in [0, 0.05) is 19.2 Å². The van der Waals surface area contributed by atoms with Gasteiger partial charge in [0.2, 0.25) is 0 Å². The predicted octanol–water partition coefficient (Wildman–Crippen LogP) is 1.19. The molecule has 1 atom stereocenters. The highest BCUT2D eigenvalue weighted by molar-refractivity contribution is 6.35. The zero-order valence-electron chi connectivity index (χ0n) is 20.1. The van der Waals surface area contributed by atoms with E-state index in [2.05, 4.69) is 22.5 Å². The molecule has 2 aromatic carbocycles. The number of amides is 3. The van der Waals surface area contributed by atoms with Gasteiger partial charge in [0.25, 0.3) is 5.91 Å². The Morgan fingerprint density at radius 2 is 1.89 bits per heavy atom. The smallest absolute Gasteiger partial charge is 0.324 e. The maximum atomic E-state index is 13.0. The van der Waals surface area contributed by atoms with Crippen molar-refractivity contribution < 1.29 is 28.7 Å². The lowest BCUT2D eigenvalue weighted by atomic mass is 10.1. The number of esters is 1. The molecular formula is C27H27N3O6. The first kappa shape index (κ1) is 24.8. The Balaban J connectivity index is 1.37. The molecule has 0 unspecified atom stereocenters. The van der Waals surface area contributed by atoms with Crippen molar-refractivity contribution in [2.24, 2.45) is 5.41 Å². The molecule has 0 spiro atoms. The van der Waals surface area contributed by atoms with E-state index >= 15 is 0 Å². The molecular weight excluding hydrogens is 462 g/mol. The van der Waals surface area contributed by atoms with Gasteiger partial charge in [-0.25, -0.2) is 0 Å². The van der Waals surface area contributed by atoms with Crippen LogP contribution in [-0.2, 0) is 30.3 Å². The number of methoxy groups -OCH3 is 1. The van der Waals surface area contributed by atoms with Crippen molar-refractivity contribution in [1.82, 2.24) is 10.6 Å². The van der Waals surface area contributed by atoms with Crippen LogP contribution in [0.1, 0.15) is 24.0 Å². The number of nitrogens with zero attached hydrogens (tertiary/aromatic N) is 1. The van der Waals surface area contributed by atoms with Gasteiger partial charge in [-0.05, 0) is 43.0 Å². The molecule has 0 bridgehead atoms. The first-order valence-electron chi connectivity index (χ1n) is 11.6. The van der Waals surface area contributed by atoms with Crippen LogP contribution in [0.15, 0.2) is 48.5 Å². The van der Waals surface area contributed by atoms with Gasteiger partial charge in [0.05, 0.1) is 12.8 Å². The fraction of sp³-hybridized carbons (Fsp3) is 0.333. The standard InChI is InChI=1S/C27H27N3O6/c1-30-21-16-19(10-12-27(13-14-27)26(34)35-2)8-9-22(21)36-17-20(25(30)33)29-24(32)23(31)28-15-11-18-6-4-3-5-7-18/h3-9,16,20H,11,13-15,17H2,1-2H3,(H,28,31)(H,29,32)/t20-/m0/s1. The third-order valence-corrected chi connectivity index (χ3v) is 6.18. The summed E-state index contributed by atoms with van der Waals surface area (Å²) in [5.74, 6) is 3.92. The van der Waals surface area contributed by atoms with Gasteiger partial charge in [0.1, 0.15) is 23.8 Å². The molecule has 0 saturated heterocycles. The van der Waals surface area contributed by atoms with Crippen molar-refractivity contribution in [2.75, 3.05) is 32.2 Å². The summed E-state index contributed by atoms with van der Waals surface area (Å²) >= 11 is 0. The van der Waals surface area contributed by atoms with E-state index in [0.717, 1.165) is 5.56 Å². The minimum Gasteiger partial charge on any atom is -0.489 e. The van der Waals surface area contributed by atoms with Crippen LogP contribution in [0.5, 0.6) is 5.75 Å². The molecule has 1 aliphatic carbocycles.